The van der Waals surface area contributed by atoms with Crippen molar-refractivity contribution in [1.29, 1.82) is 0 Å². The summed E-state index contributed by atoms with van der Waals surface area (Å²) in [5.74, 6) is 0. The summed E-state index contributed by atoms with van der Waals surface area (Å²) in [5, 5.41) is 0. The van der Waals surface area contributed by atoms with Crippen molar-refractivity contribution in [3.8, 4) is 0 Å². The molecule has 1 heterocycles. The Hall–Kier alpha value is -2.29. The topological polar surface area (TPSA) is 20.7 Å². The fourth-order valence-corrected chi connectivity index (χ4v) is 2.86. The van der Waals surface area contributed by atoms with Crippen molar-refractivity contribution in [1.82, 2.24) is 9.55 Å². The second-order valence-electron chi connectivity index (χ2n) is 6.11. The molecule has 0 amide bonds. The molecule has 0 bridgehead atoms. The number of H-pyrrole nitrogens is 1. The van der Waals surface area contributed by atoms with Gasteiger partial charge < -0.3 is 9.55 Å². The molecule has 0 saturated heterocycles. The quantitative estimate of drug-likeness (QED) is 0.343. The van der Waals surface area contributed by atoms with Crippen molar-refractivity contribution in [2.24, 2.45) is 0 Å². The number of aromatic nitrogens is 2. The predicted octanol–water partition coefficient (Wildman–Crippen LogP) is 7.20. The molecule has 1 N–H and O–H groups in total. The number of benzene rings is 2. The van der Waals surface area contributed by atoms with Gasteiger partial charge in [0, 0.05) is 0 Å². The van der Waals surface area contributed by atoms with Crippen LogP contribution in [0.5, 0.6) is 0 Å². The van der Waals surface area contributed by atoms with Gasteiger partial charge in [0.1, 0.15) is 0 Å². The SMILES string of the molecule is CCC.FC(F)(F)c1ccc(Cn2c(=S)[nH]c3ccccc32)c(C(F)(F)F)c1. The Bertz CT molecular complexity index is 998. The molecule has 0 atom stereocenters. The van der Waals surface area contributed by atoms with Gasteiger partial charge in [-0.15, -0.1) is 0 Å². The summed E-state index contributed by atoms with van der Waals surface area (Å²) in [6.45, 7) is 3.95. The van der Waals surface area contributed by atoms with E-state index in [1.54, 1.807) is 24.3 Å². The largest absolute Gasteiger partial charge is 0.416 e. The van der Waals surface area contributed by atoms with Gasteiger partial charge in [-0.1, -0.05) is 38.5 Å². The Balaban J connectivity index is 0.000000878. The Morgan fingerprint density at radius 2 is 1.54 bits per heavy atom. The van der Waals surface area contributed by atoms with E-state index in [-0.39, 0.29) is 22.9 Å². The second kappa shape index (κ2) is 8.38. The Labute approximate surface area is 162 Å². The normalized spacial score (nSPS) is 12.0. The number of hydrogen-bond acceptors (Lipinski definition) is 1. The fourth-order valence-electron chi connectivity index (χ4n) is 2.59. The van der Waals surface area contributed by atoms with Gasteiger partial charge in [-0.2, -0.15) is 26.3 Å². The maximum absolute atomic E-state index is 13.2. The van der Waals surface area contributed by atoms with Gasteiger partial charge in [0.25, 0.3) is 0 Å². The minimum atomic E-state index is -4.91. The molecule has 0 radical (unpaired) electrons. The molecule has 0 aliphatic rings. The van der Waals surface area contributed by atoms with Crippen molar-refractivity contribution in [3.63, 3.8) is 0 Å². The molecular formula is C19H18F6N2S. The molecule has 0 aliphatic heterocycles. The smallest absolute Gasteiger partial charge is 0.331 e. The Morgan fingerprint density at radius 3 is 2.11 bits per heavy atom. The van der Waals surface area contributed by atoms with Gasteiger partial charge in [-0.05, 0) is 42.0 Å². The van der Waals surface area contributed by atoms with Gasteiger partial charge in [0.2, 0.25) is 0 Å². The van der Waals surface area contributed by atoms with Crippen molar-refractivity contribution >= 4 is 23.3 Å². The second-order valence-corrected chi connectivity index (χ2v) is 6.49. The number of para-hydroxylation sites is 2. The average molecular weight is 420 g/mol. The highest BCUT2D eigenvalue weighted by molar-refractivity contribution is 7.71. The summed E-state index contributed by atoms with van der Waals surface area (Å²) in [6, 6.07) is 8.42. The first kappa shape index (κ1) is 22.0. The highest BCUT2D eigenvalue weighted by Gasteiger charge is 2.38. The molecule has 2 aromatic carbocycles. The highest BCUT2D eigenvalue weighted by atomic mass is 32.1. The fraction of sp³-hybridized carbons (Fsp3) is 0.316. The lowest BCUT2D eigenvalue weighted by Gasteiger charge is -2.16. The third kappa shape index (κ3) is 4.95. The van der Waals surface area contributed by atoms with Gasteiger partial charge in [0.05, 0.1) is 28.7 Å². The molecule has 0 fully saturated rings. The van der Waals surface area contributed by atoms with Gasteiger partial charge in [-0.3, -0.25) is 0 Å². The molecule has 0 spiro atoms. The van der Waals surface area contributed by atoms with Crippen LogP contribution in [0.3, 0.4) is 0 Å². The van der Waals surface area contributed by atoms with Crippen LogP contribution in [-0.4, -0.2) is 9.55 Å². The molecule has 9 heteroatoms. The van der Waals surface area contributed by atoms with E-state index in [1.807, 2.05) is 0 Å². The number of aromatic amines is 1. The first-order valence-corrected chi connectivity index (χ1v) is 8.84. The zero-order valence-corrected chi connectivity index (χ0v) is 15.9. The maximum Gasteiger partial charge on any atom is 0.416 e. The Morgan fingerprint density at radius 1 is 0.929 bits per heavy atom. The molecule has 2 nitrogen and oxygen atoms in total. The zero-order chi connectivity index (χ0) is 21.1. The van der Waals surface area contributed by atoms with Crippen molar-refractivity contribution in [2.45, 2.75) is 39.2 Å². The van der Waals surface area contributed by atoms with E-state index in [0.717, 1.165) is 6.07 Å². The van der Waals surface area contributed by atoms with Crippen LogP contribution in [0.1, 0.15) is 37.0 Å². The minimum Gasteiger partial charge on any atom is -0.331 e. The number of rotatable bonds is 2. The lowest BCUT2D eigenvalue weighted by Crippen LogP contribution is -2.15. The molecule has 3 aromatic rings. The van der Waals surface area contributed by atoms with E-state index in [9.17, 15) is 26.3 Å². The van der Waals surface area contributed by atoms with E-state index in [1.165, 1.54) is 11.0 Å². The minimum absolute atomic E-state index is 0.133. The zero-order valence-electron chi connectivity index (χ0n) is 15.1. The molecule has 1 aromatic heterocycles. The van der Waals surface area contributed by atoms with Gasteiger partial charge in [-0.25, -0.2) is 0 Å². The number of hydrogen-bond donors (Lipinski definition) is 1. The van der Waals surface area contributed by atoms with E-state index in [2.05, 4.69) is 18.8 Å². The van der Waals surface area contributed by atoms with Crippen LogP contribution in [-0.2, 0) is 18.9 Å². The number of imidazole rings is 1. The maximum atomic E-state index is 13.2. The van der Waals surface area contributed by atoms with E-state index < -0.39 is 23.5 Å². The molecule has 0 unspecified atom stereocenters. The summed E-state index contributed by atoms with van der Waals surface area (Å²) in [6.07, 6.45) is -8.51. The first-order chi connectivity index (χ1) is 13.0. The third-order valence-corrected chi connectivity index (χ3v) is 4.08. The highest BCUT2D eigenvalue weighted by Crippen LogP contribution is 2.37. The van der Waals surface area contributed by atoms with Crippen LogP contribution in [0.4, 0.5) is 26.3 Å². The van der Waals surface area contributed by atoms with E-state index in [0.29, 0.717) is 17.1 Å². The van der Waals surface area contributed by atoms with Crippen LogP contribution in [0, 0.1) is 4.77 Å². The number of fused-ring (bicyclic) bond motifs is 1. The number of nitrogens with one attached hydrogen (secondary N) is 1. The van der Waals surface area contributed by atoms with Crippen molar-refractivity contribution in [3.05, 3.63) is 63.9 Å². The summed E-state index contributed by atoms with van der Waals surface area (Å²) in [7, 11) is 0. The average Bonchev–Trinajstić information content (AvgIpc) is 2.90. The van der Waals surface area contributed by atoms with Crippen LogP contribution in [0.25, 0.3) is 11.0 Å². The lowest BCUT2D eigenvalue weighted by molar-refractivity contribution is -0.143. The summed E-state index contributed by atoms with van der Waals surface area (Å²) in [5.41, 5.74) is -1.75. The third-order valence-electron chi connectivity index (χ3n) is 3.75. The van der Waals surface area contributed by atoms with Crippen LogP contribution in [0.15, 0.2) is 42.5 Å². The monoisotopic (exact) mass is 420 g/mol. The van der Waals surface area contributed by atoms with Gasteiger partial charge >= 0.3 is 12.4 Å². The lowest BCUT2D eigenvalue weighted by atomic mass is 10.0. The molecule has 3 rings (SSSR count). The van der Waals surface area contributed by atoms with Crippen molar-refractivity contribution < 1.29 is 26.3 Å². The van der Waals surface area contributed by atoms with Crippen LogP contribution >= 0.6 is 12.2 Å². The van der Waals surface area contributed by atoms with Gasteiger partial charge in [0.15, 0.2) is 4.77 Å². The standard InChI is InChI=1S/C16H10F6N2S.C3H8/c17-15(18,19)10-6-5-9(11(7-10)16(20,21)22)8-24-13-4-2-1-3-12(13)23-14(24)25;1-3-2/h1-7H,8H2,(H,23,25);3H2,1-2H3. The van der Waals surface area contributed by atoms with Crippen molar-refractivity contribution in [2.75, 3.05) is 0 Å². The number of alkyl halides is 6. The Kier molecular flexibility index (Phi) is 6.59. The summed E-state index contributed by atoms with van der Waals surface area (Å²) >= 11 is 5.12. The van der Waals surface area contributed by atoms with E-state index >= 15 is 0 Å². The molecule has 0 aliphatic carbocycles. The number of nitrogens with zero attached hydrogens (tertiary/aromatic N) is 1. The molecule has 0 saturated carbocycles. The predicted molar refractivity (Wildman–Crippen MR) is 98.6 cm³/mol. The van der Waals surface area contributed by atoms with Crippen LogP contribution < -0.4 is 0 Å². The molecule has 152 valence electrons. The molecular weight excluding hydrogens is 402 g/mol. The number of halogens is 6. The first-order valence-electron chi connectivity index (χ1n) is 8.43. The summed E-state index contributed by atoms with van der Waals surface area (Å²) in [4.78, 5) is 2.86. The molecule has 28 heavy (non-hydrogen) atoms. The van der Waals surface area contributed by atoms with Crippen LogP contribution in [0.2, 0.25) is 0 Å². The summed E-state index contributed by atoms with van der Waals surface area (Å²) < 4.78 is 79.6. The van der Waals surface area contributed by atoms with E-state index in [4.69, 9.17) is 12.2 Å².